The van der Waals surface area contributed by atoms with E-state index in [1.165, 1.54) is 4.90 Å². The van der Waals surface area contributed by atoms with E-state index in [0.29, 0.717) is 30.3 Å². The molecule has 0 aliphatic rings. The van der Waals surface area contributed by atoms with Crippen molar-refractivity contribution in [2.24, 2.45) is 0 Å². The molecule has 2 rings (SSSR count). The molecule has 27 heavy (non-hydrogen) atoms. The maximum atomic E-state index is 12.5. The molecule has 7 heteroatoms. The number of hydrogen-bond acceptors (Lipinski definition) is 6. The zero-order valence-electron chi connectivity index (χ0n) is 15.8. The summed E-state index contributed by atoms with van der Waals surface area (Å²) in [6.07, 6.45) is 3.40. The highest BCUT2D eigenvalue weighted by molar-refractivity contribution is 5.96. The lowest BCUT2D eigenvalue weighted by atomic mass is 10.1. The van der Waals surface area contributed by atoms with Gasteiger partial charge in [0.1, 0.15) is 13.2 Å². The minimum Gasteiger partial charge on any atom is -0.490 e. The molecule has 1 heterocycles. The minimum absolute atomic E-state index is 0.114. The third kappa shape index (κ3) is 5.99. The number of pyridine rings is 1. The molecule has 0 spiro atoms. The first-order chi connectivity index (χ1) is 13.0. The molecule has 0 fully saturated rings. The Balaban J connectivity index is 2.11. The Morgan fingerprint density at radius 2 is 1.74 bits per heavy atom. The Bertz CT molecular complexity index is 764. The van der Waals surface area contributed by atoms with E-state index < -0.39 is 5.97 Å². The van der Waals surface area contributed by atoms with Crippen LogP contribution in [-0.4, -0.2) is 48.6 Å². The fraction of sp³-hybridized carbons (Fsp3) is 0.350. The van der Waals surface area contributed by atoms with Gasteiger partial charge in [-0.25, -0.2) is 0 Å². The predicted molar refractivity (Wildman–Crippen MR) is 99.8 cm³/mol. The summed E-state index contributed by atoms with van der Waals surface area (Å²) in [5.74, 6) is 0.264. The molecule has 0 aliphatic heterocycles. The van der Waals surface area contributed by atoms with Gasteiger partial charge in [0.05, 0.1) is 13.2 Å². The summed E-state index contributed by atoms with van der Waals surface area (Å²) in [4.78, 5) is 29.4. The standard InChI is InChI=1S/C20H24N2O5/c1-4-25-18-12-16(20(24)22(3)13-19(23)26-5-2)6-7-17(18)27-14-15-8-10-21-11-9-15/h6-12H,4-5,13-14H2,1-3H3. The highest BCUT2D eigenvalue weighted by Crippen LogP contribution is 2.29. The van der Waals surface area contributed by atoms with Crippen molar-refractivity contribution in [3.63, 3.8) is 0 Å². The molecule has 1 aromatic heterocycles. The first-order valence-electron chi connectivity index (χ1n) is 8.74. The number of amides is 1. The van der Waals surface area contributed by atoms with Crippen LogP contribution in [0, 0.1) is 0 Å². The van der Waals surface area contributed by atoms with Gasteiger partial charge in [-0.1, -0.05) is 0 Å². The Hall–Kier alpha value is -3.09. The Morgan fingerprint density at radius 1 is 1.00 bits per heavy atom. The number of benzene rings is 1. The summed E-state index contributed by atoms with van der Waals surface area (Å²) in [6, 6.07) is 8.69. The van der Waals surface area contributed by atoms with Crippen molar-refractivity contribution in [2.45, 2.75) is 20.5 Å². The van der Waals surface area contributed by atoms with Gasteiger partial charge in [-0.15, -0.1) is 0 Å². The fourth-order valence-corrected chi connectivity index (χ4v) is 2.36. The average molecular weight is 372 g/mol. The van der Waals surface area contributed by atoms with Gasteiger partial charge < -0.3 is 19.1 Å². The van der Waals surface area contributed by atoms with Gasteiger partial charge in [-0.05, 0) is 49.7 Å². The molecule has 0 N–H and O–H groups in total. The first kappa shape index (κ1) is 20.2. The van der Waals surface area contributed by atoms with Gasteiger partial charge in [0.25, 0.3) is 5.91 Å². The molecule has 0 aliphatic carbocycles. The maximum Gasteiger partial charge on any atom is 0.325 e. The van der Waals surface area contributed by atoms with Crippen molar-refractivity contribution < 1.29 is 23.8 Å². The number of carbonyl (C=O) groups is 2. The summed E-state index contributed by atoms with van der Waals surface area (Å²) in [5.41, 5.74) is 1.38. The van der Waals surface area contributed by atoms with Crippen molar-refractivity contribution >= 4 is 11.9 Å². The van der Waals surface area contributed by atoms with Crippen LogP contribution in [0.5, 0.6) is 11.5 Å². The molecular formula is C20H24N2O5. The molecule has 1 aromatic carbocycles. The maximum absolute atomic E-state index is 12.5. The zero-order chi connectivity index (χ0) is 19.6. The average Bonchev–Trinajstić information content (AvgIpc) is 2.67. The first-order valence-corrected chi connectivity index (χ1v) is 8.74. The lowest BCUT2D eigenvalue weighted by Gasteiger charge is -2.18. The van der Waals surface area contributed by atoms with Gasteiger partial charge in [0, 0.05) is 25.0 Å². The van der Waals surface area contributed by atoms with E-state index >= 15 is 0 Å². The van der Waals surface area contributed by atoms with E-state index in [2.05, 4.69) is 4.98 Å². The molecule has 1 amide bonds. The minimum atomic E-state index is -0.448. The van der Waals surface area contributed by atoms with Crippen LogP contribution < -0.4 is 9.47 Å². The van der Waals surface area contributed by atoms with E-state index in [1.54, 1.807) is 44.6 Å². The normalized spacial score (nSPS) is 10.2. The number of ether oxygens (including phenoxy) is 3. The van der Waals surface area contributed by atoms with Gasteiger partial charge in [-0.2, -0.15) is 0 Å². The van der Waals surface area contributed by atoms with Gasteiger partial charge in [0.15, 0.2) is 11.5 Å². The van der Waals surface area contributed by atoms with Crippen LogP contribution in [0.15, 0.2) is 42.7 Å². The summed E-state index contributed by atoms with van der Waals surface area (Å²) >= 11 is 0. The van der Waals surface area contributed by atoms with E-state index in [1.807, 2.05) is 19.1 Å². The zero-order valence-corrected chi connectivity index (χ0v) is 15.8. The monoisotopic (exact) mass is 372 g/mol. The largest absolute Gasteiger partial charge is 0.490 e. The van der Waals surface area contributed by atoms with Gasteiger partial charge in [-0.3, -0.25) is 14.6 Å². The molecule has 0 bridgehead atoms. The van der Waals surface area contributed by atoms with Crippen LogP contribution in [0.4, 0.5) is 0 Å². The number of carbonyl (C=O) groups excluding carboxylic acids is 2. The number of nitrogens with zero attached hydrogens (tertiary/aromatic N) is 2. The van der Waals surface area contributed by atoms with Crippen molar-refractivity contribution in [3.8, 4) is 11.5 Å². The highest BCUT2D eigenvalue weighted by Gasteiger charge is 2.18. The second-order valence-corrected chi connectivity index (χ2v) is 5.70. The second-order valence-electron chi connectivity index (χ2n) is 5.70. The van der Waals surface area contributed by atoms with Crippen LogP contribution in [0.1, 0.15) is 29.8 Å². The number of esters is 1. The molecule has 0 saturated carbocycles. The predicted octanol–water partition coefficient (Wildman–Crippen LogP) is 2.69. The van der Waals surface area contributed by atoms with Crippen molar-refractivity contribution in [2.75, 3.05) is 26.8 Å². The molecular weight excluding hydrogens is 348 g/mol. The van der Waals surface area contributed by atoms with Crippen LogP contribution >= 0.6 is 0 Å². The smallest absolute Gasteiger partial charge is 0.325 e. The van der Waals surface area contributed by atoms with Crippen LogP contribution in [0.3, 0.4) is 0 Å². The number of likely N-dealkylation sites (N-methyl/N-ethyl adjacent to an activating group) is 1. The molecule has 144 valence electrons. The second kappa shape index (κ2) is 10.2. The van der Waals surface area contributed by atoms with Gasteiger partial charge >= 0.3 is 5.97 Å². The molecule has 0 saturated heterocycles. The lowest BCUT2D eigenvalue weighted by Crippen LogP contribution is -2.33. The van der Waals surface area contributed by atoms with E-state index in [0.717, 1.165) is 5.56 Å². The van der Waals surface area contributed by atoms with E-state index in [9.17, 15) is 9.59 Å². The Labute approximate surface area is 158 Å². The summed E-state index contributed by atoms with van der Waals surface area (Å²) in [7, 11) is 1.55. The fourth-order valence-electron chi connectivity index (χ4n) is 2.36. The highest BCUT2D eigenvalue weighted by atomic mass is 16.5. The van der Waals surface area contributed by atoms with Crippen LogP contribution in [-0.2, 0) is 16.1 Å². The van der Waals surface area contributed by atoms with Gasteiger partial charge in [0.2, 0.25) is 0 Å². The summed E-state index contributed by atoms with van der Waals surface area (Å²) in [6.45, 7) is 4.53. The van der Waals surface area contributed by atoms with E-state index in [4.69, 9.17) is 14.2 Å². The molecule has 2 aromatic rings. The van der Waals surface area contributed by atoms with Crippen LogP contribution in [0.25, 0.3) is 0 Å². The topological polar surface area (TPSA) is 78.0 Å². The quantitative estimate of drug-likeness (QED) is 0.630. The Morgan fingerprint density at radius 3 is 2.41 bits per heavy atom. The molecule has 0 unspecified atom stereocenters. The molecule has 0 atom stereocenters. The SMILES string of the molecule is CCOC(=O)CN(C)C(=O)c1ccc(OCc2ccncc2)c(OCC)c1. The van der Waals surface area contributed by atoms with Crippen molar-refractivity contribution in [3.05, 3.63) is 53.9 Å². The number of hydrogen-bond donors (Lipinski definition) is 0. The lowest BCUT2D eigenvalue weighted by molar-refractivity contribution is -0.143. The third-order valence-corrected chi connectivity index (χ3v) is 3.65. The summed E-state index contributed by atoms with van der Waals surface area (Å²) < 4.78 is 16.3. The molecule has 0 radical (unpaired) electrons. The Kier molecular flexibility index (Phi) is 7.61. The molecule has 7 nitrogen and oxygen atoms in total. The number of rotatable bonds is 9. The third-order valence-electron chi connectivity index (χ3n) is 3.65. The van der Waals surface area contributed by atoms with Crippen molar-refractivity contribution in [1.29, 1.82) is 0 Å². The number of aromatic nitrogens is 1. The van der Waals surface area contributed by atoms with E-state index in [-0.39, 0.29) is 19.1 Å². The van der Waals surface area contributed by atoms with Crippen LogP contribution in [0.2, 0.25) is 0 Å². The van der Waals surface area contributed by atoms with Crippen molar-refractivity contribution in [1.82, 2.24) is 9.88 Å². The summed E-state index contributed by atoms with van der Waals surface area (Å²) in [5, 5.41) is 0.